The molecule has 1 aromatic heterocycles. The van der Waals surface area contributed by atoms with Crippen LogP contribution in [-0.4, -0.2) is 27.0 Å². The molecule has 5 rings (SSSR count). The van der Waals surface area contributed by atoms with Crippen molar-refractivity contribution >= 4 is 34.2 Å². The number of urea groups is 1. The normalized spacial score (nSPS) is 12.6. The summed E-state index contributed by atoms with van der Waals surface area (Å²) >= 11 is 0. The fraction of sp³-hybridized carbons (Fsp3) is 0.125. The largest absolute Gasteiger partial charge is 0.322 e. The van der Waals surface area contributed by atoms with Gasteiger partial charge in [0.25, 0.3) is 5.91 Å². The molecule has 0 spiro atoms. The third kappa shape index (κ3) is 3.73. The molecule has 2 heterocycles. The molecule has 7 nitrogen and oxygen atoms in total. The summed E-state index contributed by atoms with van der Waals surface area (Å²) in [5, 5.41) is 13.9. The average Bonchev–Trinajstić information content (AvgIpc) is 3.38. The summed E-state index contributed by atoms with van der Waals surface area (Å²) in [5.41, 5.74) is 6.02. The van der Waals surface area contributed by atoms with Gasteiger partial charge in [0.2, 0.25) is 0 Å². The predicted octanol–water partition coefficient (Wildman–Crippen LogP) is 4.67. The van der Waals surface area contributed by atoms with E-state index < -0.39 is 0 Å². The molecule has 0 aliphatic carbocycles. The molecule has 3 N–H and O–H groups in total. The third-order valence-corrected chi connectivity index (χ3v) is 5.53. The number of aromatic amines is 1. The minimum absolute atomic E-state index is 0.155. The van der Waals surface area contributed by atoms with Crippen LogP contribution in [0.15, 0.2) is 66.7 Å². The van der Waals surface area contributed by atoms with E-state index in [-0.39, 0.29) is 11.9 Å². The van der Waals surface area contributed by atoms with E-state index in [0.29, 0.717) is 30.0 Å². The monoisotopic (exact) mass is 411 g/mol. The van der Waals surface area contributed by atoms with Crippen molar-refractivity contribution in [3.05, 3.63) is 89.1 Å². The second-order valence-electron chi connectivity index (χ2n) is 7.67. The van der Waals surface area contributed by atoms with Crippen LogP contribution in [0.25, 0.3) is 10.9 Å². The molecular formula is C24H21N5O2. The van der Waals surface area contributed by atoms with E-state index in [9.17, 15) is 9.59 Å². The van der Waals surface area contributed by atoms with Gasteiger partial charge in [-0.05, 0) is 60.5 Å². The number of aromatic nitrogens is 2. The molecule has 31 heavy (non-hydrogen) atoms. The van der Waals surface area contributed by atoms with Crippen molar-refractivity contribution in [1.82, 2.24) is 15.1 Å². The van der Waals surface area contributed by atoms with E-state index in [1.165, 1.54) is 11.1 Å². The molecule has 3 amide bonds. The molecule has 0 fully saturated rings. The number of hydrogen-bond donors (Lipinski definition) is 3. The molecule has 7 heteroatoms. The zero-order valence-electron chi connectivity index (χ0n) is 17.0. The van der Waals surface area contributed by atoms with E-state index >= 15 is 0 Å². The number of aryl methyl sites for hydroxylation is 1. The number of fused-ring (bicyclic) bond motifs is 2. The van der Waals surface area contributed by atoms with E-state index in [4.69, 9.17) is 0 Å². The third-order valence-electron chi connectivity index (χ3n) is 5.53. The Morgan fingerprint density at radius 2 is 1.58 bits per heavy atom. The molecule has 4 aromatic rings. The van der Waals surface area contributed by atoms with Crippen LogP contribution >= 0.6 is 0 Å². The second-order valence-corrected chi connectivity index (χ2v) is 7.67. The van der Waals surface area contributed by atoms with Gasteiger partial charge in [-0.25, -0.2) is 4.79 Å². The summed E-state index contributed by atoms with van der Waals surface area (Å²) in [6.07, 6.45) is 0. The van der Waals surface area contributed by atoms with Gasteiger partial charge < -0.3 is 15.5 Å². The first-order valence-corrected chi connectivity index (χ1v) is 10.1. The van der Waals surface area contributed by atoms with Crippen molar-refractivity contribution < 1.29 is 9.59 Å². The molecule has 154 valence electrons. The molecule has 0 atom stereocenters. The van der Waals surface area contributed by atoms with Gasteiger partial charge in [-0.1, -0.05) is 24.3 Å². The maximum atomic E-state index is 12.6. The van der Waals surface area contributed by atoms with E-state index in [1.54, 1.807) is 29.2 Å². The predicted molar refractivity (Wildman–Crippen MR) is 120 cm³/mol. The molecule has 0 unspecified atom stereocenters. The number of rotatable bonds is 3. The molecule has 1 aliphatic rings. The summed E-state index contributed by atoms with van der Waals surface area (Å²) in [5.74, 6) is -0.214. The van der Waals surface area contributed by atoms with Gasteiger partial charge >= 0.3 is 6.03 Å². The van der Waals surface area contributed by atoms with Gasteiger partial charge in [-0.3, -0.25) is 9.89 Å². The second kappa shape index (κ2) is 7.60. The lowest BCUT2D eigenvalue weighted by Gasteiger charge is -2.16. The number of nitrogens with zero attached hydrogens (tertiary/aromatic N) is 2. The Hall–Kier alpha value is -4.13. The van der Waals surface area contributed by atoms with Crippen LogP contribution in [0, 0.1) is 6.92 Å². The molecule has 1 aliphatic heterocycles. The highest BCUT2D eigenvalue weighted by molar-refractivity contribution is 6.05. The Morgan fingerprint density at radius 1 is 0.903 bits per heavy atom. The Labute approximate surface area is 179 Å². The Morgan fingerprint density at radius 3 is 2.29 bits per heavy atom. The van der Waals surface area contributed by atoms with E-state index in [1.807, 2.05) is 49.4 Å². The van der Waals surface area contributed by atoms with Crippen LogP contribution in [-0.2, 0) is 13.1 Å². The number of anilines is 2. The number of carbonyl (C=O) groups excluding carboxylic acids is 2. The van der Waals surface area contributed by atoms with Gasteiger partial charge in [-0.2, -0.15) is 5.10 Å². The van der Waals surface area contributed by atoms with Crippen molar-refractivity contribution in [3.8, 4) is 0 Å². The number of benzene rings is 3. The zero-order chi connectivity index (χ0) is 21.4. The van der Waals surface area contributed by atoms with Crippen LogP contribution in [0.3, 0.4) is 0 Å². The van der Waals surface area contributed by atoms with Crippen LogP contribution < -0.4 is 10.6 Å². The molecule has 0 saturated heterocycles. The summed E-state index contributed by atoms with van der Waals surface area (Å²) in [6, 6.07) is 20.4. The topological polar surface area (TPSA) is 90.1 Å². The average molecular weight is 411 g/mol. The van der Waals surface area contributed by atoms with Gasteiger partial charge in [0.15, 0.2) is 0 Å². The highest BCUT2D eigenvalue weighted by Crippen LogP contribution is 2.24. The van der Waals surface area contributed by atoms with Gasteiger partial charge in [-0.15, -0.1) is 0 Å². The lowest BCUT2D eigenvalue weighted by atomic mass is 10.1. The number of nitrogens with one attached hydrogen (secondary N) is 3. The summed E-state index contributed by atoms with van der Waals surface area (Å²) < 4.78 is 0. The Kier molecular flexibility index (Phi) is 4.63. The van der Waals surface area contributed by atoms with E-state index in [2.05, 4.69) is 20.8 Å². The lowest BCUT2D eigenvalue weighted by Crippen LogP contribution is -2.30. The first-order valence-electron chi connectivity index (χ1n) is 10.1. The lowest BCUT2D eigenvalue weighted by molar-refractivity contribution is 0.102. The van der Waals surface area contributed by atoms with Crippen LogP contribution in [0.5, 0.6) is 0 Å². The van der Waals surface area contributed by atoms with Gasteiger partial charge in [0.1, 0.15) is 0 Å². The van der Waals surface area contributed by atoms with Crippen molar-refractivity contribution in [2.75, 3.05) is 10.6 Å². The minimum atomic E-state index is -0.214. The molecule has 0 radical (unpaired) electrons. The summed E-state index contributed by atoms with van der Waals surface area (Å²) in [4.78, 5) is 27.0. The highest BCUT2D eigenvalue weighted by atomic mass is 16.2. The molecular weight excluding hydrogens is 390 g/mol. The van der Waals surface area contributed by atoms with Gasteiger partial charge in [0, 0.05) is 41.1 Å². The highest BCUT2D eigenvalue weighted by Gasteiger charge is 2.22. The Balaban J connectivity index is 1.22. The van der Waals surface area contributed by atoms with Crippen LogP contribution in [0.1, 0.15) is 27.2 Å². The quantitative estimate of drug-likeness (QED) is 0.458. The van der Waals surface area contributed by atoms with Crippen molar-refractivity contribution in [2.24, 2.45) is 0 Å². The molecule has 3 aromatic carbocycles. The van der Waals surface area contributed by atoms with Gasteiger partial charge in [0.05, 0.1) is 5.52 Å². The molecule has 0 bridgehead atoms. The summed E-state index contributed by atoms with van der Waals surface area (Å²) in [7, 11) is 0. The number of H-pyrrole nitrogens is 1. The van der Waals surface area contributed by atoms with Crippen LogP contribution in [0.4, 0.5) is 16.2 Å². The fourth-order valence-corrected chi connectivity index (χ4v) is 3.80. The van der Waals surface area contributed by atoms with Crippen molar-refractivity contribution in [3.63, 3.8) is 0 Å². The zero-order valence-corrected chi connectivity index (χ0v) is 17.0. The van der Waals surface area contributed by atoms with Crippen molar-refractivity contribution in [1.29, 1.82) is 0 Å². The maximum Gasteiger partial charge on any atom is 0.322 e. The summed E-state index contributed by atoms with van der Waals surface area (Å²) in [6.45, 7) is 3.14. The first-order chi connectivity index (χ1) is 15.1. The van der Waals surface area contributed by atoms with Crippen molar-refractivity contribution in [2.45, 2.75) is 20.0 Å². The maximum absolute atomic E-state index is 12.6. The first kappa shape index (κ1) is 18.9. The van der Waals surface area contributed by atoms with Crippen LogP contribution in [0.2, 0.25) is 0 Å². The standard InChI is InChI=1S/C24H21N5O2/c1-15-21-12-20(10-11-22(21)28-27-15)25-23(30)16-6-8-19(9-7-16)26-24(31)29-13-17-4-2-3-5-18(17)14-29/h2-12H,13-14H2,1H3,(H,25,30)(H,26,31)(H,27,28). The van der Waals surface area contributed by atoms with E-state index in [0.717, 1.165) is 16.6 Å². The molecule has 0 saturated carbocycles. The minimum Gasteiger partial charge on any atom is -0.322 e. The number of hydrogen-bond acceptors (Lipinski definition) is 3. The fourth-order valence-electron chi connectivity index (χ4n) is 3.80. The SMILES string of the molecule is Cc1[nH]nc2ccc(NC(=O)c3ccc(NC(=O)N4Cc5ccccc5C4)cc3)cc12. The number of carbonyl (C=O) groups is 2. The Bertz CT molecular complexity index is 1270. The smallest absolute Gasteiger partial charge is 0.322 e. The number of amides is 3.